The average Bonchev–Trinajstić information content (AvgIpc) is 2.46. The van der Waals surface area contributed by atoms with Crippen molar-refractivity contribution in [2.45, 2.75) is 13.0 Å². The first-order chi connectivity index (χ1) is 9.70. The van der Waals surface area contributed by atoms with Gasteiger partial charge in [0.05, 0.1) is 12.8 Å². The Bertz CT molecular complexity index is 576. The third kappa shape index (κ3) is 4.30. The van der Waals surface area contributed by atoms with Crippen LogP contribution in [0, 0.1) is 0 Å². The lowest BCUT2D eigenvalue weighted by atomic mass is 10.1. The Morgan fingerprint density at radius 3 is 2.80 bits per heavy atom. The van der Waals surface area contributed by atoms with E-state index in [-0.39, 0.29) is 0 Å². The van der Waals surface area contributed by atoms with Gasteiger partial charge >= 0.3 is 0 Å². The molecule has 1 heterocycles. The first-order valence-electron chi connectivity index (χ1n) is 6.33. The second-order valence-electron chi connectivity index (χ2n) is 4.32. The molecule has 2 aromatic rings. The minimum atomic E-state index is 0.739. The van der Waals surface area contributed by atoms with Crippen LogP contribution in [0.25, 0.3) is 0 Å². The Labute approximate surface area is 136 Å². The number of halogens is 2. The number of ether oxygens (including phenoxy) is 1. The number of methoxy groups -OCH3 is 1. The van der Waals surface area contributed by atoms with E-state index < -0.39 is 0 Å². The molecule has 20 heavy (non-hydrogen) atoms. The van der Waals surface area contributed by atoms with E-state index >= 15 is 0 Å². The minimum Gasteiger partial charge on any atom is -0.496 e. The van der Waals surface area contributed by atoms with Gasteiger partial charge in [0.2, 0.25) is 0 Å². The summed E-state index contributed by atoms with van der Waals surface area (Å²) in [5.74, 6) is 0.942. The van der Waals surface area contributed by atoms with Crippen LogP contribution in [0.2, 0.25) is 0 Å². The second kappa shape index (κ2) is 7.76. The van der Waals surface area contributed by atoms with Crippen molar-refractivity contribution < 1.29 is 4.74 Å². The summed E-state index contributed by atoms with van der Waals surface area (Å²) >= 11 is 6.91. The van der Waals surface area contributed by atoms with E-state index in [1.165, 1.54) is 5.56 Å². The predicted octanol–water partition coefficient (Wildman–Crippen LogP) is 3.95. The molecule has 2 rings (SSSR count). The topological polar surface area (TPSA) is 34.1 Å². The molecule has 0 atom stereocenters. The summed E-state index contributed by atoms with van der Waals surface area (Å²) < 4.78 is 7.33. The van der Waals surface area contributed by atoms with E-state index in [1.807, 2.05) is 30.5 Å². The van der Waals surface area contributed by atoms with Crippen LogP contribution in [-0.2, 0) is 13.0 Å². The molecule has 0 radical (unpaired) electrons. The molecule has 1 aromatic heterocycles. The van der Waals surface area contributed by atoms with Gasteiger partial charge in [0.1, 0.15) is 5.75 Å². The van der Waals surface area contributed by atoms with Gasteiger partial charge in [-0.15, -0.1) is 0 Å². The molecule has 1 N–H and O–H groups in total. The zero-order valence-electron chi connectivity index (χ0n) is 11.2. The number of hydrogen-bond acceptors (Lipinski definition) is 3. The Morgan fingerprint density at radius 2 is 2.05 bits per heavy atom. The highest BCUT2D eigenvalue weighted by Gasteiger charge is 2.03. The van der Waals surface area contributed by atoms with Crippen LogP contribution in [0.4, 0.5) is 0 Å². The zero-order valence-corrected chi connectivity index (χ0v) is 14.4. The van der Waals surface area contributed by atoms with Crippen molar-refractivity contribution in [3.05, 3.63) is 56.7 Å². The van der Waals surface area contributed by atoms with Crippen molar-refractivity contribution in [1.82, 2.24) is 10.3 Å². The first kappa shape index (κ1) is 15.5. The number of hydrogen-bond donors (Lipinski definition) is 1. The van der Waals surface area contributed by atoms with Gasteiger partial charge in [-0.3, -0.25) is 4.98 Å². The first-order valence-corrected chi connectivity index (χ1v) is 7.92. The zero-order chi connectivity index (χ0) is 14.4. The predicted molar refractivity (Wildman–Crippen MR) is 88.0 cm³/mol. The van der Waals surface area contributed by atoms with E-state index in [4.69, 9.17) is 4.74 Å². The second-order valence-corrected chi connectivity index (χ2v) is 6.09. The lowest BCUT2D eigenvalue weighted by Crippen LogP contribution is -2.18. The van der Waals surface area contributed by atoms with Crippen molar-refractivity contribution >= 4 is 31.9 Å². The molecular weight excluding hydrogens is 384 g/mol. The number of pyridine rings is 1. The normalized spacial score (nSPS) is 10.6. The fourth-order valence-electron chi connectivity index (χ4n) is 1.91. The molecule has 1 aromatic carbocycles. The molecule has 0 saturated heterocycles. The summed E-state index contributed by atoms with van der Waals surface area (Å²) in [5.41, 5.74) is 2.22. The lowest BCUT2D eigenvalue weighted by molar-refractivity contribution is 0.409. The van der Waals surface area contributed by atoms with Crippen LogP contribution in [0.1, 0.15) is 11.3 Å². The van der Waals surface area contributed by atoms with Gasteiger partial charge in [-0.1, -0.05) is 18.2 Å². The van der Waals surface area contributed by atoms with Crippen LogP contribution in [-0.4, -0.2) is 18.6 Å². The average molecular weight is 400 g/mol. The van der Waals surface area contributed by atoms with Gasteiger partial charge in [-0.2, -0.15) is 0 Å². The van der Waals surface area contributed by atoms with Crippen LogP contribution in [0.5, 0.6) is 5.75 Å². The van der Waals surface area contributed by atoms with E-state index in [0.717, 1.165) is 39.9 Å². The number of nitrogens with one attached hydrogen (secondary N) is 1. The molecule has 0 aliphatic carbocycles. The monoisotopic (exact) mass is 398 g/mol. The summed E-state index contributed by atoms with van der Waals surface area (Å²) in [6.45, 7) is 1.62. The smallest absolute Gasteiger partial charge is 0.122 e. The number of aromatic nitrogens is 1. The van der Waals surface area contributed by atoms with Gasteiger partial charge in [0.25, 0.3) is 0 Å². The van der Waals surface area contributed by atoms with Crippen molar-refractivity contribution in [1.29, 1.82) is 0 Å². The molecule has 0 aliphatic rings. The van der Waals surface area contributed by atoms with Crippen molar-refractivity contribution in [3.63, 3.8) is 0 Å². The van der Waals surface area contributed by atoms with Gasteiger partial charge in [0.15, 0.2) is 0 Å². The largest absolute Gasteiger partial charge is 0.496 e. The number of benzene rings is 1. The molecule has 0 unspecified atom stereocenters. The Balaban J connectivity index is 1.84. The Kier molecular flexibility index (Phi) is 6.01. The maximum absolute atomic E-state index is 5.34. The van der Waals surface area contributed by atoms with Crippen LogP contribution < -0.4 is 10.1 Å². The summed E-state index contributed by atoms with van der Waals surface area (Å²) in [6, 6.07) is 10.1. The van der Waals surface area contributed by atoms with Crippen molar-refractivity contribution in [2.75, 3.05) is 13.7 Å². The molecule has 106 valence electrons. The molecular formula is C15H16Br2N2O. The minimum absolute atomic E-state index is 0.739. The SMILES string of the molecule is COc1ccccc1CCNCc1ncc(Br)cc1Br. The molecule has 0 spiro atoms. The van der Waals surface area contributed by atoms with E-state index in [2.05, 4.69) is 48.2 Å². The highest BCUT2D eigenvalue weighted by molar-refractivity contribution is 9.11. The molecule has 5 heteroatoms. The summed E-state index contributed by atoms with van der Waals surface area (Å²) in [6.07, 6.45) is 2.74. The summed E-state index contributed by atoms with van der Waals surface area (Å²) in [5, 5.41) is 3.40. The lowest BCUT2D eigenvalue weighted by Gasteiger charge is -2.09. The van der Waals surface area contributed by atoms with E-state index in [0.29, 0.717) is 0 Å². The van der Waals surface area contributed by atoms with Gasteiger partial charge in [0, 0.05) is 21.7 Å². The van der Waals surface area contributed by atoms with Gasteiger partial charge in [-0.25, -0.2) is 0 Å². The number of rotatable bonds is 6. The summed E-state index contributed by atoms with van der Waals surface area (Å²) in [4.78, 5) is 4.38. The van der Waals surface area contributed by atoms with E-state index in [9.17, 15) is 0 Å². The van der Waals surface area contributed by atoms with Crippen LogP contribution in [0.3, 0.4) is 0 Å². The Hall–Kier alpha value is -0.910. The molecule has 0 amide bonds. The molecule has 0 bridgehead atoms. The molecule has 0 fully saturated rings. The van der Waals surface area contributed by atoms with Crippen LogP contribution in [0.15, 0.2) is 45.5 Å². The molecule has 3 nitrogen and oxygen atoms in total. The fraction of sp³-hybridized carbons (Fsp3) is 0.267. The van der Waals surface area contributed by atoms with Crippen molar-refractivity contribution in [3.8, 4) is 5.75 Å². The molecule has 0 saturated carbocycles. The molecule has 0 aliphatic heterocycles. The highest BCUT2D eigenvalue weighted by Crippen LogP contribution is 2.20. The van der Waals surface area contributed by atoms with Gasteiger partial charge < -0.3 is 10.1 Å². The number of para-hydroxylation sites is 1. The van der Waals surface area contributed by atoms with E-state index in [1.54, 1.807) is 7.11 Å². The summed E-state index contributed by atoms with van der Waals surface area (Å²) in [7, 11) is 1.70. The third-order valence-electron chi connectivity index (χ3n) is 2.94. The third-order valence-corrected chi connectivity index (χ3v) is 4.06. The van der Waals surface area contributed by atoms with Crippen LogP contribution >= 0.6 is 31.9 Å². The van der Waals surface area contributed by atoms with Gasteiger partial charge in [-0.05, 0) is 62.5 Å². The maximum Gasteiger partial charge on any atom is 0.122 e. The maximum atomic E-state index is 5.34. The highest BCUT2D eigenvalue weighted by atomic mass is 79.9. The standard InChI is InChI=1S/C15H16Br2N2O/c1-20-15-5-3-2-4-11(15)6-7-18-10-14-13(17)8-12(16)9-19-14/h2-5,8-9,18H,6-7,10H2,1H3. The quantitative estimate of drug-likeness (QED) is 0.746. The Morgan fingerprint density at radius 1 is 1.25 bits per heavy atom. The van der Waals surface area contributed by atoms with Crippen molar-refractivity contribution in [2.24, 2.45) is 0 Å². The number of nitrogens with zero attached hydrogens (tertiary/aromatic N) is 1. The fourth-order valence-corrected chi connectivity index (χ4v) is 3.04.